The van der Waals surface area contributed by atoms with E-state index in [9.17, 15) is 14.4 Å². The Kier molecular flexibility index (Phi) is 4.90. The van der Waals surface area contributed by atoms with Gasteiger partial charge in [0.05, 0.1) is 12.1 Å². The van der Waals surface area contributed by atoms with E-state index in [4.69, 9.17) is 0 Å². The topological polar surface area (TPSA) is 69.7 Å². The molecule has 2 fully saturated rings. The second-order valence-electron chi connectivity index (χ2n) is 7.22. The molecule has 1 N–H and O–H groups in total. The van der Waals surface area contributed by atoms with E-state index in [1.807, 2.05) is 24.1 Å². The molecule has 1 saturated carbocycles. The van der Waals surface area contributed by atoms with Crippen LogP contribution in [0.15, 0.2) is 24.3 Å². The van der Waals surface area contributed by atoms with Gasteiger partial charge in [-0.2, -0.15) is 0 Å². The van der Waals surface area contributed by atoms with Crippen molar-refractivity contribution in [3.8, 4) is 0 Å². The van der Waals surface area contributed by atoms with Gasteiger partial charge in [0, 0.05) is 25.6 Å². The summed E-state index contributed by atoms with van der Waals surface area (Å²) in [5.74, 6) is -0.152. The third-order valence-electron chi connectivity index (χ3n) is 5.33. The molecule has 1 aliphatic carbocycles. The summed E-state index contributed by atoms with van der Waals surface area (Å²) in [7, 11) is 3.50. The molecule has 1 heterocycles. The van der Waals surface area contributed by atoms with Gasteiger partial charge in [-0.15, -0.1) is 0 Å². The molecule has 1 spiro atoms. The molecule has 1 aliphatic heterocycles. The summed E-state index contributed by atoms with van der Waals surface area (Å²) in [6, 6.07) is 7.35. The van der Waals surface area contributed by atoms with Gasteiger partial charge in [-0.05, 0) is 37.6 Å². The van der Waals surface area contributed by atoms with Crippen LogP contribution in [-0.2, 0) is 16.1 Å². The molecule has 1 saturated heterocycles. The summed E-state index contributed by atoms with van der Waals surface area (Å²) in [5.41, 5.74) is 1.24. The Hall–Kier alpha value is -2.21. The minimum absolute atomic E-state index is 0.0109. The Labute approximate surface area is 148 Å². The van der Waals surface area contributed by atoms with Gasteiger partial charge in [0.15, 0.2) is 0 Å². The molecule has 1 aromatic rings. The number of amides is 3. The van der Waals surface area contributed by atoms with Crippen molar-refractivity contribution in [2.24, 2.45) is 5.41 Å². The fourth-order valence-electron chi connectivity index (χ4n) is 3.95. The monoisotopic (exact) mass is 343 g/mol. The van der Waals surface area contributed by atoms with Crippen molar-refractivity contribution >= 4 is 17.7 Å². The van der Waals surface area contributed by atoms with Gasteiger partial charge in [-0.25, -0.2) is 0 Å². The summed E-state index contributed by atoms with van der Waals surface area (Å²) in [6.07, 6.45) is 4.15. The first-order chi connectivity index (χ1) is 11.9. The lowest BCUT2D eigenvalue weighted by molar-refractivity contribution is -0.143. The molecule has 0 aromatic heterocycles. The minimum atomic E-state index is -0.410. The van der Waals surface area contributed by atoms with E-state index in [1.165, 1.54) is 4.90 Å². The highest BCUT2D eigenvalue weighted by atomic mass is 16.2. The average molecular weight is 343 g/mol. The predicted molar refractivity (Wildman–Crippen MR) is 93.5 cm³/mol. The number of nitrogens with zero attached hydrogens (tertiary/aromatic N) is 2. The number of hydrogen-bond donors (Lipinski definition) is 1. The second-order valence-corrected chi connectivity index (χ2v) is 7.22. The highest BCUT2D eigenvalue weighted by Gasteiger charge is 2.52. The van der Waals surface area contributed by atoms with Crippen LogP contribution in [0.4, 0.5) is 0 Å². The van der Waals surface area contributed by atoms with Gasteiger partial charge >= 0.3 is 0 Å². The number of rotatable bonds is 5. The Balaban J connectivity index is 1.61. The third-order valence-corrected chi connectivity index (χ3v) is 5.33. The van der Waals surface area contributed by atoms with Crippen LogP contribution in [0.25, 0.3) is 0 Å². The molecule has 0 bridgehead atoms. The lowest BCUT2D eigenvalue weighted by Crippen LogP contribution is -2.41. The summed E-state index contributed by atoms with van der Waals surface area (Å²) >= 11 is 0. The molecular weight excluding hydrogens is 318 g/mol. The number of carbonyl (C=O) groups is 3. The zero-order valence-corrected chi connectivity index (χ0v) is 14.9. The Morgan fingerprint density at radius 1 is 1.20 bits per heavy atom. The van der Waals surface area contributed by atoms with Crippen molar-refractivity contribution in [3.63, 3.8) is 0 Å². The van der Waals surface area contributed by atoms with E-state index in [0.717, 1.165) is 31.2 Å². The fraction of sp³-hybridized carbons (Fsp3) is 0.526. The molecule has 0 atom stereocenters. The molecule has 3 rings (SSSR count). The van der Waals surface area contributed by atoms with Crippen molar-refractivity contribution in [1.29, 1.82) is 0 Å². The summed E-state index contributed by atoms with van der Waals surface area (Å²) in [4.78, 5) is 40.0. The maximum atomic E-state index is 12.7. The van der Waals surface area contributed by atoms with E-state index in [2.05, 4.69) is 5.32 Å². The first-order valence-corrected chi connectivity index (χ1v) is 8.79. The number of imide groups is 1. The molecule has 2 aliphatic rings. The van der Waals surface area contributed by atoms with Crippen LogP contribution in [0.3, 0.4) is 0 Å². The number of hydrogen-bond acceptors (Lipinski definition) is 4. The van der Waals surface area contributed by atoms with Gasteiger partial charge in [-0.1, -0.05) is 25.0 Å². The van der Waals surface area contributed by atoms with Crippen molar-refractivity contribution < 1.29 is 14.4 Å². The quantitative estimate of drug-likeness (QED) is 0.827. The summed E-state index contributed by atoms with van der Waals surface area (Å²) in [6.45, 7) is 0.925. The van der Waals surface area contributed by atoms with Crippen LogP contribution in [-0.4, -0.2) is 48.3 Å². The second kappa shape index (κ2) is 6.96. The van der Waals surface area contributed by atoms with Crippen molar-refractivity contribution in [1.82, 2.24) is 15.1 Å². The first-order valence-electron chi connectivity index (χ1n) is 8.79. The highest BCUT2D eigenvalue weighted by Crippen LogP contribution is 2.46. The van der Waals surface area contributed by atoms with Gasteiger partial charge in [0.1, 0.15) is 0 Å². The standard InChI is InChI=1S/C19H25N3O3/c1-20-17(24)15-7-5-14(6-8-15)12-21(2)13-22-16(23)11-19(18(22)25)9-3-4-10-19/h5-8H,3-4,9-13H2,1-2H3,(H,20,24). The Bertz CT molecular complexity index is 678. The lowest BCUT2D eigenvalue weighted by atomic mass is 9.85. The van der Waals surface area contributed by atoms with E-state index >= 15 is 0 Å². The molecule has 0 radical (unpaired) electrons. The first kappa shape index (κ1) is 17.6. The number of benzene rings is 1. The van der Waals surface area contributed by atoms with E-state index in [-0.39, 0.29) is 17.7 Å². The molecule has 0 unspecified atom stereocenters. The third kappa shape index (κ3) is 3.44. The van der Waals surface area contributed by atoms with E-state index < -0.39 is 5.41 Å². The summed E-state index contributed by atoms with van der Waals surface area (Å²) in [5, 5.41) is 2.59. The average Bonchev–Trinajstić information content (AvgIpc) is 3.16. The van der Waals surface area contributed by atoms with Crippen LogP contribution in [0.1, 0.15) is 48.0 Å². The zero-order valence-electron chi connectivity index (χ0n) is 14.9. The number of nitrogens with one attached hydrogen (secondary N) is 1. The van der Waals surface area contributed by atoms with Crippen molar-refractivity contribution in [2.75, 3.05) is 20.8 Å². The largest absolute Gasteiger partial charge is 0.355 e. The fourth-order valence-corrected chi connectivity index (χ4v) is 3.95. The molecule has 25 heavy (non-hydrogen) atoms. The maximum Gasteiger partial charge on any atom is 0.251 e. The molecule has 6 heteroatoms. The Morgan fingerprint density at radius 2 is 1.84 bits per heavy atom. The highest BCUT2D eigenvalue weighted by molar-refractivity contribution is 6.06. The van der Waals surface area contributed by atoms with Crippen LogP contribution < -0.4 is 5.32 Å². The van der Waals surface area contributed by atoms with Crippen molar-refractivity contribution in [2.45, 2.75) is 38.6 Å². The SMILES string of the molecule is CNC(=O)c1ccc(CN(C)CN2C(=O)CC3(CCCC3)C2=O)cc1. The molecule has 6 nitrogen and oxygen atoms in total. The van der Waals surface area contributed by atoms with Gasteiger partial charge in [0.25, 0.3) is 5.91 Å². The zero-order chi connectivity index (χ0) is 18.0. The van der Waals surface area contributed by atoms with Crippen LogP contribution in [0, 0.1) is 5.41 Å². The molecule has 1 aromatic carbocycles. The summed E-state index contributed by atoms with van der Waals surface area (Å²) < 4.78 is 0. The normalized spacial score (nSPS) is 19.2. The van der Waals surface area contributed by atoms with E-state index in [1.54, 1.807) is 19.2 Å². The number of carbonyl (C=O) groups excluding carboxylic acids is 3. The van der Waals surface area contributed by atoms with Crippen LogP contribution >= 0.6 is 0 Å². The van der Waals surface area contributed by atoms with Gasteiger partial charge < -0.3 is 5.32 Å². The predicted octanol–water partition coefficient (Wildman–Crippen LogP) is 1.75. The van der Waals surface area contributed by atoms with E-state index in [0.29, 0.717) is 25.2 Å². The minimum Gasteiger partial charge on any atom is -0.355 e. The van der Waals surface area contributed by atoms with Crippen LogP contribution in [0.5, 0.6) is 0 Å². The Morgan fingerprint density at radius 3 is 2.44 bits per heavy atom. The lowest BCUT2D eigenvalue weighted by Gasteiger charge is -2.25. The molecule has 3 amide bonds. The number of likely N-dealkylation sites (tertiary alicyclic amines) is 1. The molecular formula is C19H25N3O3. The van der Waals surface area contributed by atoms with Gasteiger partial charge in [-0.3, -0.25) is 24.2 Å². The maximum absolute atomic E-state index is 12.7. The smallest absolute Gasteiger partial charge is 0.251 e. The molecule has 134 valence electrons. The van der Waals surface area contributed by atoms with Crippen molar-refractivity contribution in [3.05, 3.63) is 35.4 Å². The van der Waals surface area contributed by atoms with Crippen LogP contribution in [0.2, 0.25) is 0 Å². The van der Waals surface area contributed by atoms with Gasteiger partial charge in [0.2, 0.25) is 11.8 Å².